The lowest BCUT2D eigenvalue weighted by Crippen LogP contribution is -2.72. The third kappa shape index (κ3) is 2.26. The van der Waals surface area contributed by atoms with Crippen molar-refractivity contribution in [3.05, 3.63) is 71.8 Å². The molecule has 1 heterocycles. The Morgan fingerprint density at radius 1 is 1.00 bits per heavy atom. The minimum atomic E-state index is -0.0815. The van der Waals surface area contributed by atoms with Gasteiger partial charge in [0.05, 0.1) is 6.04 Å². The Labute approximate surface area is 121 Å². The van der Waals surface area contributed by atoms with Gasteiger partial charge in [-0.3, -0.25) is 4.90 Å². The second-order valence-corrected chi connectivity index (χ2v) is 6.08. The standard InChI is InChI=1S/C18H22N2/c1-14-18(2,19)13-20(14)17(15-9-5-3-6-10-15)16-11-7-4-8-12-16/h3-12,14,17H,13,19H2,1-2H3. The maximum absolute atomic E-state index is 6.31. The van der Waals surface area contributed by atoms with Gasteiger partial charge in [-0.25, -0.2) is 0 Å². The van der Waals surface area contributed by atoms with Crippen LogP contribution in [0.25, 0.3) is 0 Å². The molecule has 0 saturated carbocycles. The first-order chi connectivity index (χ1) is 9.59. The van der Waals surface area contributed by atoms with Gasteiger partial charge in [-0.05, 0) is 25.0 Å². The molecule has 2 nitrogen and oxygen atoms in total. The van der Waals surface area contributed by atoms with Crippen LogP contribution in [-0.2, 0) is 0 Å². The normalized spacial score (nSPS) is 26.5. The fourth-order valence-electron chi connectivity index (χ4n) is 3.09. The summed E-state index contributed by atoms with van der Waals surface area (Å²) in [6.07, 6.45) is 0. The maximum Gasteiger partial charge on any atom is 0.0605 e. The molecule has 0 bridgehead atoms. The lowest BCUT2D eigenvalue weighted by molar-refractivity contribution is -0.0126. The second kappa shape index (κ2) is 5.04. The van der Waals surface area contributed by atoms with Gasteiger partial charge in [0.25, 0.3) is 0 Å². The van der Waals surface area contributed by atoms with Crippen LogP contribution in [0, 0.1) is 0 Å². The van der Waals surface area contributed by atoms with Crippen molar-refractivity contribution in [2.45, 2.75) is 31.5 Å². The van der Waals surface area contributed by atoms with E-state index in [1.807, 2.05) is 0 Å². The molecule has 1 saturated heterocycles. The van der Waals surface area contributed by atoms with Crippen molar-refractivity contribution in [3.8, 4) is 0 Å². The zero-order valence-electron chi connectivity index (χ0n) is 12.2. The summed E-state index contributed by atoms with van der Waals surface area (Å²) in [5.74, 6) is 0. The molecule has 2 atom stereocenters. The van der Waals surface area contributed by atoms with Gasteiger partial charge in [-0.2, -0.15) is 0 Å². The van der Waals surface area contributed by atoms with Crippen molar-refractivity contribution in [2.24, 2.45) is 5.73 Å². The molecule has 1 aliphatic heterocycles. The molecule has 1 fully saturated rings. The number of hydrogen-bond acceptors (Lipinski definition) is 2. The number of hydrogen-bond donors (Lipinski definition) is 1. The van der Waals surface area contributed by atoms with Gasteiger partial charge < -0.3 is 5.73 Å². The minimum absolute atomic E-state index is 0.0815. The summed E-state index contributed by atoms with van der Waals surface area (Å²) < 4.78 is 0. The zero-order chi connectivity index (χ0) is 14.2. The van der Waals surface area contributed by atoms with Crippen molar-refractivity contribution in [1.29, 1.82) is 0 Å². The molecule has 0 amide bonds. The molecule has 0 aromatic heterocycles. The summed E-state index contributed by atoms with van der Waals surface area (Å²) in [6.45, 7) is 5.30. The largest absolute Gasteiger partial charge is 0.323 e. The summed E-state index contributed by atoms with van der Waals surface area (Å²) in [6, 6.07) is 22.1. The van der Waals surface area contributed by atoms with Crippen molar-refractivity contribution < 1.29 is 0 Å². The van der Waals surface area contributed by atoms with E-state index in [2.05, 4.69) is 79.4 Å². The highest BCUT2D eigenvalue weighted by Gasteiger charge is 2.46. The van der Waals surface area contributed by atoms with Crippen LogP contribution in [0.4, 0.5) is 0 Å². The van der Waals surface area contributed by atoms with Gasteiger partial charge in [-0.15, -0.1) is 0 Å². The lowest BCUT2D eigenvalue weighted by atomic mass is 9.80. The highest BCUT2D eigenvalue weighted by atomic mass is 15.3. The predicted octanol–water partition coefficient (Wildman–Crippen LogP) is 3.20. The average Bonchev–Trinajstić information content (AvgIpc) is 2.48. The topological polar surface area (TPSA) is 29.3 Å². The summed E-state index contributed by atoms with van der Waals surface area (Å²) in [5, 5.41) is 0. The van der Waals surface area contributed by atoms with Crippen molar-refractivity contribution in [2.75, 3.05) is 6.54 Å². The Kier molecular flexibility index (Phi) is 3.36. The van der Waals surface area contributed by atoms with Crippen molar-refractivity contribution >= 4 is 0 Å². The van der Waals surface area contributed by atoms with Gasteiger partial charge in [0.15, 0.2) is 0 Å². The molecule has 2 aromatic carbocycles. The van der Waals surface area contributed by atoms with E-state index >= 15 is 0 Å². The summed E-state index contributed by atoms with van der Waals surface area (Å²) in [7, 11) is 0. The lowest BCUT2D eigenvalue weighted by Gasteiger charge is -2.56. The van der Waals surface area contributed by atoms with Crippen molar-refractivity contribution in [3.63, 3.8) is 0 Å². The third-order valence-electron chi connectivity index (χ3n) is 4.54. The van der Waals surface area contributed by atoms with Gasteiger partial charge in [0, 0.05) is 18.1 Å². The second-order valence-electron chi connectivity index (χ2n) is 6.08. The van der Waals surface area contributed by atoms with E-state index in [1.54, 1.807) is 0 Å². The average molecular weight is 266 g/mol. The SMILES string of the molecule is CC1N(C(c2ccccc2)c2ccccc2)CC1(C)N. The molecule has 2 aromatic rings. The van der Waals surface area contributed by atoms with Crippen LogP contribution in [0.1, 0.15) is 31.0 Å². The molecule has 0 spiro atoms. The number of likely N-dealkylation sites (tertiary alicyclic amines) is 1. The highest BCUT2D eigenvalue weighted by molar-refractivity contribution is 5.33. The van der Waals surface area contributed by atoms with Gasteiger partial charge in [0.2, 0.25) is 0 Å². The fourth-order valence-corrected chi connectivity index (χ4v) is 3.09. The van der Waals surface area contributed by atoms with Gasteiger partial charge in [0.1, 0.15) is 0 Å². The highest BCUT2D eigenvalue weighted by Crippen LogP contribution is 2.38. The van der Waals surface area contributed by atoms with E-state index in [1.165, 1.54) is 11.1 Å². The predicted molar refractivity (Wildman–Crippen MR) is 83.5 cm³/mol. The van der Waals surface area contributed by atoms with E-state index in [4.69, 9.17) is 5.73 Å². The molecule has 0 radical (unpaired) electrons. The van der Waals surface area contributed by atoms with Crippen LogP contribution in [0.2, 0.25) is 0 Å². The molecule has 3 rings (SSSR count). The molecule has 2 N–H and O–H groups in total. The monoisotopic (exact) mass is 266 g/mol. The van der Waals surface area contributed by atoms with E-state index in [9.17, 15) is 0 Å². The molecule has 20 heavy (non-hydrogen) atoms. The molecule has 104 valence electrons. The Morgan fingerprint density at radius 3 is 1.80 bits per heavy atom. The molecule has 0 aliphatic carbocycles. The first kappa shape index (κ1) is 13.3. The Balaban J connectivity index is 1.98. The van der Waals surface area contributed by atoms with E-state index < -0.39 is 0 Å². The smallest absolute Gasteiger partial charge is 0.0605 e. The van der Waals surface area contributed by atoms with E-state index in [-0.39, 0.29) is 5.54 Å². The number of benzene rings is 2. The fraction of sp³-hybridized carbons (Fsp3) is 0.333. The van der Waals surface area contributed by atoms with Crippen LogP contribution in [-0.4, -0.2) is 23.0 Å². The Bertz CT molecular complexity index is 523. The first-order valence-corrected chi connectivity index (χ1v) is 7.24. The van der Waals surface area contributed by atoms with Crippen LogP contribution in [0.3, 0.4) is 0 Å². The van der Waals surface area contributed by atoms with Crippen molar-refractivity contribution in [1.82, 2.24) is 4.90 Å². The van der Waals surface area contributed by atoms with Crippen LogP contribution < -0.4 is 5.73 Å². The van der Waals surface area contributed by atoms with Crippen LogP contribution in [0.5, 0.6) is 0 Å². The summed E-state index contributed by atoms with van der Waals surface area (Å²) >= 11 is 0. The van der Waals surface area contributed by atoms with Gasteiger partial charge in [-0.1, -0.05) is 60.7 Å². The molecule has 1 aliphatic rings. The van der Waals surface area contributed by atoms with E-state index in [0.717, 1.165) is 6.54 Å². The minimum Gasteiger partial charge on any atom is -0.323 e. The maximum atomic E-state index is 6.31. The number of nitrogens with zero attached hydrogens (tertiary/aromatic N) is 1. The summed E-state index contributed by atoms with van der Waals surface area (Å²) in [4.78, 5) is 2.49. The molecular formula is C18H22N2. The summed E-state index contributed by atoms with van der Waals surface area (Å²) in [5.41, 5.74) is 8.89. The molecule has 2 unspecified atom stereocenters. The molecular weight excluding hydrogens is 244 g/mol. The van der Waals surface area contributed by atoms with E-state index in [0.29, 0.717) is 12.1 Å². The Morgan fingerprint density at radius 2 is 1.45 bits per heavy atom. The number of rotatable bonds is 3. The Hall–Kier alpha value is -1.64. The molecule has 2 heteroatoms. The van der Waals surface area contributed by atoms with Gasteiger partial charge >= 0.3 is 0 Å². The first-order valence-electron chi connectivity index (χ1n) is 7.24. The zero-order valence-corrected chi connectivity index (χ0v) is 12.2. The van der Waals surface area contributed by atoms with Crippen LogP contribution in [0.15, 0.2) is 60.7 Å². The van der Waals surface area contributed by atoms with Crippen LogP contribution >= 0.6 is 0 Å². The third-order valence-corrected chi connectivity index (χ3v) is 4.54. The number of nitrogens with two attached hydrogens (primary N) is 1. The quantitative estimate of drug-likeness (QED) is 0.924.